The topological polar surface area (TPSA) is 18.5 Å². The average Bonchev–Trinajstić information content (AvgIpc) is 2.09. The molecule has 0 N–H and O–H groups in total. The van der Waals surface area contributed by atoms with Crippen molar-refractivity contribution in [2.24, 2.45) is 0 Å². The van der Waals surface area contributed by atoms with Crippen LogP contribution in [0.5, 0.6) is 0 Å². The summed E-state index contributed by atoms with van der Waals surface area (Å²) in [6.07, 6.45) is 6.60. The third-order valence-corrected chi connectivity index (χ3v) is 9.80. The molecule has 2 nitrogen and oxygen atoms in total. The van der Waals surface area contributed by atoms with Gasteiger partial charge < -0.3 is 8.54 Å². The van der Waals surface area contributed by atoms with E-state index < -0.39 is 30.6 Å². The summed E-state index contributed by atoms with van der Waals surface area (Å²) in [7, 11) is -4.72. The zero-order valence-corrected chi connectivity index (χ0v) is 17.3. The van der Waals surface area contributed by atoms with Crippen molar-refractivity contribution in [3.63, 3.8) is 0 Å². The molecule has 0 rings (SSSR count). The fraction of sp³-hybridized carbons (Fsp3) is 0.857. The van der Waals surface area contributed by atoms with Crippen molar-refractivity contribution in [1.82, 2.24) is 0 Å². The SMILES string of the molecule is C#CC(C)(CC[Si](C)(C)O[Si](C)(C)C)O[Si](C)(C)C. The number of terminal acetylenes is 1. The summed E-state index contributed by atoms with van der Waals surface area (Å²) in [5.41, 5.74) is -0.433. The van der Waals surface area contributed by atoms with Crippen LogP contribution in [-0.2, 0) is 8.54 Å². The quantitative estimate of drug-likeness (QED) is 0.501. The lowest BCUT2D eigenvalue weighted by Crippen LogP contribution is -2.45. The van der Waals surface area contributed by atoms with Gasteiger partial charge in [0.25, 0.3) is 0 Å². The Morgan fingerprint density at radius 1 is 0.947 bits per heavy atom. The van der Waals surface area contributed by atoms with Crippen LogP contribution in [0.4, 0.5) is 0 Å². The Labute approximate surface area is 123 Å². The molecule has 0 bridgehead atoms. The molecule has 0 aliphatic rings. The first-order valence-electron chi connectivity index (χ1n) is 7.06. The molecule has 0 aliphatic heterocycles. The van der Waals surface area contributed by atoms with E-state index in [1.807, 2.05) is 6.92 Å². The summed E-state index contributed by atoms with van der Waals surface area (Å²) in [4.78, 5) is 0. The Hall–Kier alpha value is 0.131. The Balaban J connectivity index is 4.63. The van der Waals surface area contributed by atoms with E-state index in [0.29, 0.717) is 0 Å². The lowest BCUT2D eigenvalue weighted by atomic mass is 10.1. The van der Waals surface area contributed by atoms with Crippen molar-refractivity contribution < 1.29 is 8.54 Å². The summed E-state index contributed by atoms with van der Waals surface area (Å²) >= 11 is 0. The maximum absolute atomic E-state index is 6.36. The van der Waals surface area contributed by atoms with Gasteiger partial charge in [-0.25, -0.2) is 0 Å². The van der Waals surface area contributed by atoms with Crippen molar-refractivity contribution in [3.8, 4) is 12.3 Å². The minimum Gasteiger partial charge on any atom is -0.456 e. The molecule has 112 valence electrons. The largest absolute Gasteiger partial charge is 0.456 e. The smallest absolute Gasteiger partial charge is 0.185 e. The van der Waals surface area contributed by atoms with Crippen LogP contribution in [-0.4, -0.2) is 30.6 Å². The lowest BCUT2D eigenvalue weighted by Gasteiger charge is -2.36. The zero-order chi connectivity index (χ0) is 15.5. The number of rotatable bonds is 7. The maximum atomic E-state index is 6.36. The fourth-order valence-corrected chi connectivity index (χ4v) is 11.9. The predicted molar refractivity (Wildman–Crippen MR) is 93.0 cm³/mol. The predicted octanol–water partition coefficient (Wildman–Crippen LogP) is 4.68. The monoisotopic (exact) mass is 316 g/mol. The van der Waals surface area contributed by atoms with Gasteiger partial charge in [0.1, 0.15) is 5.60 Å². The maximum Gasteiger partial charge on any atom is 0.185 e. The first kappa shape index (κ1) is 19.1. The molecule has 0 fully saturated rings. The van der Waals surface area contributed by atoms with E-state index in [0.717, 1.165) is 12.5 Å². The summed E-state index contributed by atoms with van der Waals surface area (Å²) in [5, 5.41) is 0. The molecule has 1 atom stereocenters. The number of hydrogen-bond acceptors (Lipinski definition) is 2. The van der Waals surface area contributed by atoms with E-state index in [4.69, 9.17) is 15.0 Å². The molecule has 0 saturated heterocycles. The standard InChI is InChI=1S/C14H32O2Si3/c1-11-14(2,15-17(3,4)5)12-13-19(9,10)16-18(6,7)8/h1H,12-13H2,2-10H3. The first-order valence-corrected chi connectivity index (χ1v) is 17.0. The third-order valence-electron chi connectivity index (χ3n) is 2.62. The lowest BCUT2D eigenvalue weighted by molar-refractivity contribution is 0.137. The van der Waals surface area contributed by atoms with E-state index in [1.54, 1.807) is 0 Å². The molecule has 19 heavy (non-hydrogen) atoms. The van der Waals surface area contributed by atoms with Crippen LogP contribution in [0.3, 0.4) is 0 Å². The minimum atomic E-state index is -1.64. The molecule has 0 saturated carbocycles. The zero-order valence-electron chi connectivity index (χ0n) is 14.3. The Bertz CT molecular complexity index is 334. The molecule has 1 unspecified atom stereocenters. The van der Waals surface area contributed by atoms with Crippen molar-refractivity contribution >= 4 is 25.0 Å². The summed E-state index contributed by atoms with van der Waals surface area (Å²) in [5.74, 6) is 2.86. The van der Waals surface area contributed by atoms with Gasteiger partial charge in [-0.05, 0) is 71.8 Å². The normalized spacial score (nSPS) is 16.8. The molecule has 0 aromatic heterocycles. The van der Waals surface area contributed by atoms with Crippen molar-refractivity contribution in [2.45, 2.75) is 77.4 Å². The molecule has 0 aromatic carbocycles. The Morgan fingerprint density at radius 2 is 1.42 bits per heavy atom. The van der Waals surface area contributed by atoms with Crippen molar-refractivity contribution in [2.75, 3.05) is 0 Å². The van der Waals surface area contributed by atoms with E-state index in [9.17, 15) is 0 Å². The van der Waals surface area contributed by atoms with Crippen LogP contribution in [0.1, 0.15) is 13.3 Å². The van der Waals surface area contributed by atoms with E-state index in [2.05, 4.69) is 58.3 Å². The molecule has 5 heteroatoms. The van der Waals surface area contributed by atoms with Crippen LogP contribution in [0.15, 0.2) is 0 Å². The third kappa shape index (κ3) is 9.63. The van der Waals surface area contributed by atoms with Gasteiger partial charge in [0.2, 0.25) is 0 Å². The van der Waals surface area contributed by atoms with Crippen molar-refractivity contribution in [1.29, 1.82) is 0 Å². The fourth-order valence-electron chi connectivity index (χ4n) is 2.25. The van der Waals surface area contributed by atoms with Gasteiger partial charge >= 0.3 is 0 Å². The van der Waals surface area contributed by atoms with Crippen LogP contribution >= 0.6 is 0 Å². The van der Waals surface area contributed by atoms with E-state index in [-0.39, 0.29) is 0 Å². The second-order valence-electron chi connectivity index (χ2n) is 8.06. The van der Waals surface area contributed by atoms with E-state index in [1.165, 1.54) is 0 Å². The highest BCUT2D eigenvalue weighted by Crippen LogP contribution is 2.28. The highest BCUT2D eigenvalue weighted by molar-refractivity contribution is 6.84. The molecule has 0 amide bonds. The van der Waals surface area contributed by atoms with Gasteiger partial charge in [-0.1, -0.05) is 5.92 Å². The van der Waals surface area contributed by atoms with Crippen LogP contribution < -0.4 is 0 Å². The van der Waals surface area contributed by atoms with Crippen LogP contribution in [0, 0.1) is 12.3 Å². The highest BCUT2D eigenvalue weighted by Gasteiger charge is 2.35. The second-order valence-corrected chi connectivity index (χ2v) is 21.6. The Kier molecular flexibility index (Phi) is 6.31. The van der Waals surface area contributed by atoms with Crippen LogP contribution in [0.25, 0.3) is 0 Å². The van der Waals surface area contributed by atoms with Gasteiger partial charge in [0.05, 0.1) is 0 Å². The molecular weight excluding hydrogens is 284 g/mol. The number of hydrogen-bond donors (Lipinski definition) is 0. The summed E-state index contributed by atoms with van der Waals surface area (Å²) in [6, 6.07) is 1.06. The summed E-state index contributed by atoms with van der Waals surface area (Å²) < 4.78 is 12.5. The minimum absolute atomic E-state index is 0.433. The van der Waals surface area contributed by atoms with Crippen molar-refractivity contribution in [3.05, 3.63) is 0 Å². The molecule has 0 spiro atoms. The molecule has 0 aliphatic carbocycles. The van der Waals surface area contributed by atoms with Gasteiger partial charge in [-0.2, -0.15) is 0 Å². The molecule has 0 radical (unpaired) electrons. The average molecular weight is 317 g/mol. The highest BCUT2D eigenvalue weighted by atomic mass is 28.4. The van der Waals surface area contributed by atoms with E-state index >= 15 is 0 Å². The molecule has 0 aromatic rings. The van der Waals surface area contributed by atoms with Crippen LogP contribution in [0.2, 0.25) is 58.4 Å². The first-order chi connectivity index (χ1) is 8.18. The molecular formula is C14H32O2Si3. The van der Waals surface area contributed by atoms with Gasteiger partial charge in [-0.15, -0.1) is 6.42 Å². The Morgan fingerprint density at radius 3 is 1.74 bits per heavy atom. The van der Waals surface area contributed by atoms with Gasteiger partial charge in [-0.3, -0.25) is 0 Å². The molecule has 0 heterocycles. The summed E-state index contributed by atoms with van der Waals surface area (Å²) in [6.45, 7) is 19.9. The van der Waals surface area contributed by atoms with Gasteiger partial charge in [0.15, 0.2) is 25.0 Å². The van der Waals surface area contributed by atoms with Gasteiger partial charge in [0, 0.05) is 0 Å². The second kappa shape index (κ2) is 6.27.